The maximum atomic E-state index is 6.24. The van der Waals surface area contributed by atoms with Gasteiger partial charge in [0.2, 0.25) is 0 Å². The Balaban J connectivity index is 2.10. The van der Waals surface area contributed by atoms with Gasteiger partial charge in [-0.15, -0.1) is 10.2 Å². The van der Waals surface area contributed by atoms with Crippen molar-refractivity contribution in [2.24, 2.45) is 7.05 Å². The summed E-state index contributed by atoms with van der Waals surface area (Å²) in [5, 5.41) is 12.7. The number of nitrogens with zero attached hydrogens (tertiary/aromatic N) is 3. The average molecular weight is 299 g/mol. The van der Waals surface area contributed by atoms with Crippen LogP contribution in [0.25, 0.3) is 0 Å². The molecule has 19 heavy (non-hydrogen) atoms. The average Bonchev–Trinajstić information content (AvgIpc) is 2.78. The first-order valence-corrected chi connectivity index (χ1v) is 6.88. The van der Waals surface area contributed by atoms with Crippen molar-refractivity contribution in [3.05, 3.63) is 46.0 Å². The molecule has 1 N–H and O–H groups in total. The Kier molecular flexibility index (Phi) is 4.80. The van der Waals surface area contributed by atoms with Gasteiger partial charge in [0, 0.05) is 23.1 Å². The van der Waals surface area contributed by atoms with Crippen LogP contribution in [0.15, 0.2) is 24.5 Å². The molecule has 1 unspecified atom stereocenters. The van der Waals surface area contributed by atoms with E-state index in [4.69, 9.17) is 23.2 Å². The zero-order valence-electron chi connectivity index (χ0n) is 10.9. The van der Waals surface area contributed by atoms with Gasteiger partial charge in [-0.3, -0.25) is 0 Å². The summed E-state index contributed by atoms with van der Waals surface area (Å²) in [6.07, 6.45) is 2.62. The zero-order valence-corrected chi connectivity index (χ0v) is 12.4. The third kappa shape index (κ3) is 3.47. The molecule has 0 saturated carbocycles. The Morgan fingerprint density at radius 2 is 2.16 bits per heavy atom. The lowest BCUT2D eigenvalue weighted by Crippen LogP contribution is -2.22. The van der Waals surface area contributed by atoms with Crippen molar-refractivity contribution >= 4 is 23.2 Å². The lowest BCUT2D eigenvalue weighted by atomic mass is 10.0. The zero-order chi connectivity index (χ0) is 13.8. The topological polar surface area (TPSA) is 42.7 Å². The van der Waals surface area contributed by atoms with Gasteiger partial charge in [-0.2, -0.15) is 0 Å². The first-order chi connectivity index (χ1) is 9.11. The van der Waals surface area contributed by atoms with Crippen molar-refractivity contribution in [2.45, 2.75) is 25.9 Å². The predicted molar refractivity (Wildman–Crippen MR) is 77.3 cm³/mol. The molecular formula is C13H16Cl2N4. The van der Waals surface area contributed by atoms with Crippen LogP contribution in [0.4, 0.5) is 0 Å². The van der Waals surface area contributed by atoms with E-state index in [2.05, 4.69) is 22.4 Å². The highest BCUT2D eigenvalue weighted by molar-refractivity contribution is 6.35. The van der Waals surface area contributed by atoms with Crippen LogP contribution in [-0.4, -0.2) is 14.8 Å². The van der Waals surface area contributed by atoms with Gasteiger partial charge in [0.25, 0.3) is 0 Å². The van der Waals surface area contributed by atoms with Gasteiger partial charge in [0.15, 0.2) is 0 Å². The van der Waals surface area contributed by atoms with Gasteiger partial charge < -0.3 is 9.88 Å². The van der Waals surface area contributed by atoms with Gasteiger partial charge in [-0.25, -0.2) is 0 Å². The van der Waals surface area contributed by atoms with Crippen LogP contribution in [0, 0.1) is 0 Å². The predicted octanol–water partition coefficient (Wildman–Crippen LogP) is 3.36. The summed E-state index contributed by atoms with van der Waals surface area (Å²) in [5.41, 5.74) is 1.05. The second kappa shape index (κ2) is 6.37. The number of hydrogen-bond donors (Lipinski definition) is 1. The molecule has 1 heterocycles. The first-order valence-electron chi connectivity index (χ1n) is 6.13. The first kappa shape index (κ1) is 14.3. The van der Waals surface area contributed by atoms with E-state index in [1.165, 1.54) is 0 Å². The van der Waals surface area contributed by atoms with Crippen LogP contribution in [-0.2, 0) is 13.6 Å². The van der Waals surface area contributed by atoms with Crippen LogP contribution in [0.5, 0.6) is 0 Å². The second-order valence-corrected chi connectivity index (χ2v) is 5.21. The van der Waals surface area contributed by atoms with Gasteiger partial charge in [-0.05, 0) is 24.1 Å². The number of benzene rings is 1. The molecule has 0 amide bonds. The summed E-state index contributed by atoms with van der Waals surface area (Å²) >= 11 is 12.2. The Hall–Kier alpha value is -1.10. The molecule has 1 aromatic carbocycles. The molecule has 0 bridgehead atoms. The summed E-state index contributed by atoms with van der Waals surface area (Å²) in [6, 6.07) is 5.75. The quantitative estimate of drug-likeness (QED) is 0.920. The van der Waals surface area contributed by atoms with E-state index in [1.807, 2.05) is 23.7 Å². The van der Waals surface area contributed by atoms with Gasteiger partial charge in [0.05, 0.1) is 6.54 Å². The minimum absolute atomic E-state index is 0.168. The van der Waals surface area contributed by atoms with Crippen LogP contribution >= 0.6 is 23.2 Å². The SMILES string of the molecule is CCC(NCc1nncn1C)c1ccc(Cl)cc1Cl. The Morgan fingerprint density at radius 1 is 1.37 bits per heavy atom. The molecule has 1 aromatic heterocycles. The lowest BCUT2D eigenvalue weighted by molar-refractivity contribution is 0.501. The number of hydrogen-bond acceptors (Lipinski definition) is 3. The van der Waals surface area contributed by atoms with Crippen molar-refractivity contribution in [1.82, 2.24) is 20.1 Å². The largest absolute Gasteiger partial charge is 0.320 e. The van der Waals surface area contributed by atoms with Crippen molar-refractivity contribution in [3.8, 4) is 0 Å². The molecule has 102 valence electrons. The van der Waals surface area contributed by atoms with Crippen molar-refractivity contribution in [2.75, 3.05) is 0 Å². The summed E-state index contributed by atoms with van der Waals surface area (Å²) in [5.74, 6) is 0.892. The molecule has 0 aliphatic heterocycles. The second-order valence-electron chi connectivity index (χ2n) is 4.37. The van der Waals surface area contributed by atoms with E-state index in [0.29, 0.717) is 16.6 Å². The van der Waals surface area contributed by atoms with Crippen LogP contribution < -0.4 is 5.32 Å². The number of aromatic nitrogens is 3. The molecule has 6 heteroatoms. The standard InChI is InChI=1S/C13H16Cl2N4/c1-3-12(10-5-4-9(14)6-11(10)15)16-7-13-18-17-8-19(13)2/h4-6,8,12,16H,3,7H2,1-2H3. The molecule has 0 aliphatic rings. The molecule has 0 fully saturated rings. The smallest absolute Gasteiger partial charge is 0.146 e. The maximum absolute atomic E-state index is 6.24. The highest BCUT2D eigenvalue weighted by Crippen LogP contribution is 2.28. The van der Waals surface area contributed by atoms with E-state index in [0.717, 1.165) is 17.8 Å². The maximum Gasteiger partial charge on any atom is 0.146 e. The Bertz CT molecular complexity index is 553. The number of rotatable bonds is 5. The number of nitrogens with one attached hydrogen (secondary N) is 1. The van der Waals surface area contributed by atoms with E-state index >= 15 is 0 Å². The Morgan fingerprint density at radius 3 is 2.74 bits per heavy atom. The van der Waals surface area contributed by atoms with E-state index < -0.39 is 0 Å². The van der Waals surface area contributed by atoms with Gasteiger partial charge in [-0.1, -0.05) is 36.2 Å². The monoisotopic (exact) mass is 298 g/mol. The van der Waals surface area contributed by atoms with E-state index in [-0.39, 0.29) is 6.04 Å². The molecular weight excluding hydrogens is 283 g/mol. The molecule has 2 rings (SSSR count). The minimum atomic E-state index is 0.168. The van der Waals surface area contributed by atoms with Crippen molar-refractivity contribution in [3.63, 3.8) is 0 Å². The Labute approximate surface area is 122 Å². The van der Waals surface area contributed by atoms with Crippen LogP contribution in [0.1, 0.15) is 30.8 Å². The normalized spacial score (nSPS) is 12.6. The van der Waals surface area contributed by atoms with E-state index in [9.17, 15) is 0 Å². The summed E-state index contributed by atoms with van der Waals surface area (Å²) in [6.45, 7) is 2.76. The molecule has 0 aliphatic carbocycles. The number of halogens is 2. The fourth-order valence-electron chi connectivity index (χ4n) is 1.94. The van der Waals surface area contributed by atoms with Crippen molar-refractivity contribution < 1.29 is 0 Å². The summed E-state index contributed by atoms with van der Waals surface area (Å²) < 4.78 is 1.89. The fourth-order valence-corrected chi connectivity index (χ4v) is 2.48. The number of aryl methyl sites for hydroxylation is 1. The molecule has 4 nitrogen and oxygen atoms in total. The minimum Gasteiger partial charge on any atom is -0.320 e. The summed E-state index contributed by atoms with van der Waals surface area (Å²) in [7, 11) is 1.92. The highest BCUT2D eigenvalue weighted by Gasteiger charge is 2.13. The third-order valence-corrected chi connectivity index (χ3v) is 3.62. The lowest BCUT2D eigenvalue weighted by Gasteiger charge is -2.18. The molecule has 0 spiro atoms. The molecule has 1 atom stereocenters. The molecule has 2 aromatic rings. The van der Waals surface area contributed by atoms with Crippen LogP contribution in [0.2, 0.25) is 10.0 Å². The van der Waals surface area contributed by atoms with E-state index in [1.54, 1.807) is 12.4 Å². The summed E-state index contributed by atoms with van der Waals surface area (Å²) in [4.78, 5) is 0. The highest BCUT2D eigenvalue weighted by atomic mass is 35.5. The molecule has 0 saturated heterocycles. The third-order valence-electron chi connectivity index (χ3n) is 3.06. The fraction of sp³-hybridized carbons (Fsp3) is 0.385. The van der Waals surface area contributed by atoms with Gasteiger partial charge in [0.1, 0.15) is 12.2 Å². The van der Waals surface area contributed by atoms with Crippen molar-refractivity contribution in [1.29, 1.82) is 0 Å². The molecule has 0 radical (unpaired) electrons. The van der Waals surface area contributed by atoms with Gasteiger partial charge >= 0.3 is 0 Å². The van der Waals surface area contributed by atoms with Crippen LogP contribution in [0.3, 0.4) is 0 Å².